The fourth-order valence-corrected chi connectivity index (χ4v) is 2.94. The number of carboxylic acids is 1. The molecule has 0 fully saturated rings. The number of aryl methyl sites for hydroxylation is 1. The van der Waals surface area contributed by atoms with Gasteiger partial charge in [0, 0.05) is 17.8 Å². The van der Waals surface area contributed by atoms with Gasteiger partial charge in [0.05, 0.1) is 11.6 Å². The molecular formula is C17H17NO3. The highest BCUT2D eigenvalue weighted by molar-refractivity contribution is 6.08. The highest BCUT2D eigenvalue weighted by Crippen LogP contribution is 2.30. The molecule has 1 aliphatic heterocycles. The molecule has 2 aromatic rings. The number of hydrogen-bond acceptors (Lipinski definition) is 2. The minimum absolute atomic E-state index is 0.0488. The lowest BCUT2D eigenvalue weighted by Crippen LogP contribution is -2.23. The minimum atomic E-state index is -0.816. The van der Waals surface area contributed by atoms with Crippen molar-refractivity contribution in [3.63, 3.8) is 0 Å². The number of nitrogens with zero attached hydrogens (tertiary/aromatic N) is 1. The first-order valence-electron chi connectivity index (χ1n) is 7.11. The maximum atomic E-state index is 12.6. The van der Waals surface area contributed by atoms with Crippen LogP contribution in [0.25, 0.3) is 0 Å². The van der Waals surface area contributed by atoms with Crippen molar-refractivity contribution in [3.8, 4) is 0 Å². The highest BCUT2D eigenvalue weighted by atomic mass is 16.4. The van der Waals surface area contributed by atoms with Crippen LogP contribution in [0.15, 0.2) is 36.4 Å². The van der Waals surface area contributed by atoms with Gasteiger partial charge in [-0.2, -0.15) is 0 Å². The number of benzene rings is 1. The zero-order valence-corrected chi connectivity index (χ0v) is 11.9. The third-order valence-corrected chi connectivity index (χ3v) is 4.09. The van der Waals surface area contributed by atoms with Crippen LogP contribution in [0, 0.1) is 6.92 Å². The summed E-state index contributed by atoms with van der Waals surface area (Å²) in [4.78, 5) is 23.9. The van der Waals surface area contributed by atoms with Crippen LogP contribution in [0.3, 0.4) is 0 Å². The molecule has 2 heterocycles. The van der Waals surface area contributed by atoms with E-state index in [1.54, 1.807) is 12.1 Å². The van der Waals surface area contributed by atoms with Crippen LogP contribution in [0.1, 0.15) is 46.1 Å². The van der Waals surface area contributed by atoms with E-state index in [0.29, 0.717) is 24.2 Å². The van der Waals surface area contributed by atoms with Gasteiger partial charge in [-0.05, 0) is 31.9 Å². The Balaban J connectivity index is 1.99. The standard InChI is InChI=1S/C17H17NO3/c1-11-4-6-12(7-5-11)16(19)15-9-8-14-13(17(20)21)3-2-10-18(14)15/h4-9,13H,2-3,10H2,1H3,(H,20,21). The van der Waals surface area contributed by atoms with Gasteiger partial charge in [0.1, 0.15) is 0 Å². The minimum Gasteiger partial charge on any atom is -0.481 e. The fraction of sp³-hybridized carbons (Fsp3) is 0.294. The lowest BCUT2D eigenvalue weighted by atomic mass is 9.96. The molecule has 108 valence electrons. The Morgan fingerprint density at radius 2 is 1.86 bits per heavy atom. The fourth-order valence-electron chi connectivity index (χ4n) is 2.94. The largest absolute Gasteiger partial charge is 0.481 e. The molecule has 1 aromatic heterocycles. The Hall–Kier alpha value is -2.36. The highest BCUT2D eigenvalue weighted by Gasteiger charge is 2.29. The average molecular weight is 283 g/mol. The number of hydrogen-bond donors (Lipinski definition) is 1. The van der Waals surface area contributed by atoms with Gasteiger partial charge in [-0.3, -0.25) is 9.59 Å². The Kier molecular flexibility index (Phi) is 3.37. The van der Waals surface area contributed by atoms with E-state index in [1.165, 1.54) is 0 Å². The van der Waals surface area contributed by atoms with Crippen molar-refractivity contribution in [2.75, 3.05) is 0 Å². The number of carbonyl (C=O) groups is 2. The molecular weight excluding hydrogens is 266 g/mol. The molecule has 21 heavy (non-hydrogen) atoms. The summed E-state index contributed by atoms with van der Waals surface area (Å²) in [6.45, 7) is 2.68. The molecule has 0 saturated carbocycles. The van der Waals surface area contributed by atoms with E-state index in [2.05, 4.69) is 0 Å². The van der Waals surface area contributed by atoms with Gasteiger partial charge in [-0.1, -0.05) is 29.8 Å². The van der Waals surface area contributed by atoms with E-state index in [9.17, 15) is 14.7 Å². The molecule has 0 radical (unpaired) electrons. The van der Waals surface area contributed by atoms with Crippen LogP contribution in [0.5, 0.6) is 0 Å². The zero-order chi connectivity index (χ0) is 15.0. The maximum Gasteiger partial charge on any atom is 0.312 e. The van der Waals surface area contributed by atoms with E-state index in [0.717, 1.165) is 17.7 Å². The van der Waals surface area contributed by atoms with E-state index in [1.807, 2.05) is 35.8 Å². The molecule has 1 N–H and O–H groups in total. The molecule has 1 aliphatic rings. The van der Waals surface area contributed by atoms with Crippen molar-refractivity contribution >= 4 is 11.8 Å². The number of carbonyl (C=O) groups excluding carboxylic acids is 1. The van der Waals surface area contributed by atoms with Crippen molar-refractivity contribution in [2.45, 2.75) is 32.2 Å². The van der Waals surface area contributed by atoms with Gasteiger partial charge in [0.15, 0.2) is 0 Å². The van der Waals surface area contributed by atoms with Crippen LogP contribution >= 0.6 is 0 Å². The number of fused-ring (bicyclic) bond motifs is 1. The summed E-state index contributed by atoms with van der Waals surface area (Å²) in [6, 6.07) is 11.0. The van der Waals surface area contributed by atoms with E-state index in [-0.39, 0.29) is 5.78 Å². The van der Waals surface area contributed by atoms with Gasteiger partial charge in [-0.15, -0.1) is 0 Å². The lowest BCUT2D eigenvalue weighted by Gasteiger charge is -2.23. The molecule has 3 rings (SSSR count). The van der Waals surface area contributed by atoms with Gasteiger partial charge in [0.25, 0.3) is 0 Å². The molecule has 0 spiro atoms. The first-order chi connectivity index (χ1) is 10.1. The van der Waals surface area contributed by atoms with Crippen LogP contribution in [-0.4, -0.2) is 21.4 Å². The van der Waals surface area contributed by atoms with Crippen LogP contribution < -0.4 is 0 Å². The molecule has 0 bridgehead atoms. The van der Waals surface area contributed by atoms with Crippen molar-refractivity contribution in [3.05, 3.63) is 58.9 Å². The molecule has 1 aromatic carbocycles. The van der Waals surface area contributed by atoms with Crippen molar-refractivity contribution in [2.24, 2.45) is 0 Å². The molecule has 1 unspecified atom stereocenters. The summed E-state index contributed by atoms with van der Waals surface area (Å²) < 4.78 is 1.87. The predicted molar refractivity (Wildman–Crippen MR) is 78.7 cm³/mol. The van der Waals surface area contributed by atoms with E-state index in [4.69, 9.17) is 0 Å². The Bertz CT molecular complexity index is 697. The summed E-state index contributed by atoms with van der Waals surface area (Å²) in [5.41, 5.74) is 3.07. The predicted octanol–water partition coefficient (Wildman–Crippen LogP) is 2.99. The monoisotopic (exact) mass is 283 g/mol. The maximum absolute atomic E-state index is 12.6. The molecule has 0 saturated heterocycles. The Morgan fingerprint density at radius 3 is 2.52 bits per heavy atom. The first kappa shape index (κ1) is 13.6. The Labute approximate surface area is 123 Å². The third-order valence-electron chi connectivity index (χ3n) is 4.09. The Morgan fingerprint density at radius 1 is 1.14 bits per heavy atom. The second kappa shape index (κ2) is 5.20. The molecule has 4 heteroatoms. The number of aliphatic carboxylic acids is 1. The second-order valence-corrected chi connectivity index (χ2v) is 5.52. The van der Waals surface area contributed by atoms with E-state index < -0.39 is 11.9 Å². The number of aromatic nitrogens is 1. The molecule has 1 atom stereocenters. The summed E-state index contributed by atoms with van der Waals surface area (Å²) in [5.74, 6) is -1.37. The quantitative estimate of drug-likeness (QED) is 0.881. The average Bonchev–Trinajstić information content (AvgIpc) is 2.90. The van der Waals surface area contributed by atoms with E-state index >= 15 is 0 Å². The molecule has 0 aliphatic carbocycles. The van der Waals surface area contributed by atoms with Crippen molar-refractivity contribution < 1.29 is 14.7 Å². The van der Waals surface area contributed by atoms with Crippen molar-refractivity contribution in [1.82, 2.24) is 4.57 Å². The summed E-state index contributed by atoms with van der Waals surface area (Å²) in [7, 11) is 0. The van der Waals surface area contributed by atoms with Crippen LogP contribution in [0.4, 0.5) is 0 Å². The third kappa shape index (κ3) is 2.37. The smallest absolute Gasteiger partial charge is 0.312 e. The topological polar surface area (TPSA) is 59.3 Å². The zero-order valence-electron chi connectivity index (χ0n) is 11.9. The van der Waals surface area contributed by atoms with Crippen molar-refractivity contribution in [1.29, 1.82) is 0 Å². The van der Waals surface area contributed by atoms with Gasteiger partial charge >= 0.3 is 5.97 Å². The number of rotatable bonds is 3. The molecule has 0 amide bonds. The van der Waals surface area contributed by atoms with Gasteiger partial charge in [-0.25, -0.2) is 0 Å². The lowest BCUT2D eigenvalue weighted by molar-refractivity contribution is -0.139. The SMILES string of the molecule is Cc1ccc(C(=O)c2ccc3n2CCCC3C(=O)O)cc1. The van der Waals surface area contributed by atoms with Crippen LogP contribution in [-0.2, 0) is 11.3 Å². The van der Waals surface area contributed by atoms with Gasteiger partial charge < -0.3 is 9.67 Å². The van der Waals surface area contributed by atoms with Crippen LogP contribution in [0.2, 0.25) is 0 Å². The summed E-state index contributed by atoms with van der Waals surface area (Å²) in [5, 5.41) is 9.28. The number of ketones is 1. The van der Waals surface area contributed by atoms with Gasteiger partial charge in [0.2, 0.25) is 5.78 Å². The molecule has 4 nitrogen and oxygen atoms in total. The normalized spacial score (nSPS) is 17.3. The number of carboxylic acid groups (broad SMARTS) is 1. The first-order valence-corrected chi connectivity index (χ1v) is 7.11. The summed E-state index contributed by atoms with van der Waals surface area (Å²) in [6.07, 6.45) is 1.42. The second-order valence-electron chi connectivity index (χ2n) is 5.52. The summed E-state index contributed by atoms with van der Waals surface area (Å²) >= 11 is 0.